The number of nitrogens with zero attached hydrogens (tertiary/aromatic N) is 2. The first-order valence-electron chi connectivity index (χ1n) is 9.71. The largest absolute Gasteiger partial charge is 0.480 e. The molecule has 0 bridgehead atoms. The zero-order valence-electron chi connectivity index (χ0n) is 16.0. The van der Waals surface area contributed by atoms with Gasteiger partial charge in [0.1, 0.15) is 11.5 Å². The van der Waals surface area contributed by atoms with Crippen LogP contribution in [0.4, 0.5) is 4.39 Å². The number of carboxylic acids is 1. The Balaban J connectivity index is 1.54. The molecule has 1 amide bonds. The minimum Gasteiger partial charge on any atom is -0.480 e. The van der Waals surface area contributed by atoms with E-state index >= 15 is 0 Å². The number of rotatable bonds is 4. The summed E-state index contributed by atoms with van der Waals surface area (Å²) in [5, 5.41) is 9.64. The summed E-state index contributed by atoms with van der Waals surface area (Å²) in [5.74, 6) is -2.15. The smallest absolute Gasteiger partial charge is 0.328 e. The predicted octanol–water partition coefficient (Wildman–Crippen LogP) is 2.74. The van der Waals surface area contributed by atoms with E-state index in [4.69, 9.17) is 4.74 Å². The van der Waals surface area contributed by atoms with Gasteiger partial charge in [0.2, 0.25) is 0 Å². The Morgan fingerprint density at radius 1 is 1.10 bits per heavy atom. The normalized spacial score (nSPS) is 21.4. The Hall–Kier alpha value is -2.77. The van der Waals surface area contributed by atoms with E-state index in [1.165, 1.54) is 28.7 Å². The van der Waals surface area contributed by atoms with Gasteiger partial charge in [0.15, 0.2) is 6.04 Å². The molecule has 7 heteroatoms. The van der Waals surface area contributed by atoms with Crippen molar-refractivity contribution in [3.05, 3.63) is 71.5 Å². The third-order valence-electron chi connectivity index (χ3n) is 5.72. The van der Waals surface area contributed by atoms with Crippen molar-refractivity contribution >= 4 is 11.9 Å². The standard InChI is InChI=1S/C22H23FN2O4/c23-18-8-4-7-17(13-18)20(26)25-19(21(27)28)15-29-22(25)9-11-24(12-10-22)14-16-5-2-1-3-6-16/h1-8,13,19H,9-12,14-15H2,(H,27,28)/t19-/m1/s1. The van der Waals surface area contributed by atoms with Crippen molar-refractivity contribution in [3.8, 4) is 0 Å². The van der Waals surface area contributed by atoms with E-state index in [0.29, 0.717) is 25.9 Å². The zero-order valence-corrected chi connectivity index (χ0v) is 16.0. The molecule has 2 aliphatic heterocycles. The summed E-state index contributed by atoms with van der Waals surface area (Å²) in [4.78, 5) is 28.5. The topological polar surface area (TPSA) is 70.1 Å². The summed E-state index contributed by atoms with van der Waals surface area (Å²) < 4.78 is 19.6. The fourth-order valence-corrected chi connectivity index (χ4v) is 4.22. The van der Waals surface area contributed by atoms with Gasteiger partial charge in [-0.15, -0.1) is 0 Å². The molecule has 6 nitrogen and oxygen atoms in total. The number of halogens is 1. The first kappa shape index (κ1) is 19.5. The number of likely N-dealkylation sites (tertiary alicyclic amines) is 1. The van der Waals surface area contributed by atoms with Gasteiger partial charge in [0.25, 0.3) is 5.91 Å². The minimum atomic E-state index is -1.11. The highest BCUT2D eigenvalue weighted by Gasteiger charge is 2.54. The van der Waals surface area contributed by atoms with Gasteiger partial charge in [-0.3, -0.25) is 14.6 Å². The number of aliphatic carboxylic acids is 1. The monoisotopic (exact) mass is 398 g/mol. The molecule has 0 aliphatic carbocycles. The Bertz CT molecular complexity index is 897. The lowest BCUT2D eigenvalue weighted by Crippen LogP contribution is -2.58. The van der Waals surface area contributed by atoms with Crippen molar-refractivity contribution in [3.63, 3.8) is 0 Å². The molecule has 4 rings (SSSR count). The molecule has 2 aromatic carbocycles. The molecular weight excluding hydrogens is 375 g/mol. The molecule has 2 aliphatic rings. The minimum absolute atomic E-state index is 0.0604. The third-order valence-corrected chi connectivity index (χ3v) is 5.72. The van der Waals surface area contributed by atoms with Crippen LogP contribution in [-0.2, 0) is 16.1 Å². The summed E-state index contributed by atoms with van der Waals surface area (Å²) in [5.41, 5.74) is 0.361. The summed E-state index contributed by atoms with van der Waals surface area (Å²) >= 11 is 0. The zero-order chi connectivity index (χ0) is 20.4. The van der Waals surface area contributed by atoms with E-state index in [0.717, 1.165) is 12.6 Å². The molecule has 0 aromatic heterocycles. The van der Waals surface area contributed by atoms with Crippen molar-refractivity contribution < 1.29 is 23.8 Å². The molecule has 2 aromatic rings. The number of carbonyl (C=O) groups is 2. The summed E-state index contributed by atoms with van der Waals surface area (Å²) in [7, 11) is 0. The van der Waals surface area contributed by atoms with Crippen molar-refractivity contribution in [1.29, 1.82) is 0 Å². The average Bonchev–Trinajstić information content (AvgIpc) is 3.09. The maximum atomic E-state index is 13.6. The molecule has 1 N–H and O–H groups in total. The van der Waals surface area contributed by atoms with Gasteiger partial charge in [-0.25, -0.2) is 9.18 Å². The fourth-order valence-electron chi connectivity index (χ4n) is 4.22. The van der Waals surface area contributed by atoms with Crippen molar-refractivity contribution in [2.45, 2.75) is 31.2 Å². The van der Waals surface area contributed by atoms with Gasteiger partial charge in [0, 0.05) is 38.0 Å². The van der Waals surface area contributed by atoms with Gasteiger partial charge < -0.3 is 9.84 Å². The molecule has 1 spiro atoms. The lowest BCUT2D eigenvalue weighted by atomic mass is 9.96. The van der Waals surface area contributed by atoms with Crippen LogP contribution in [0.2, 0.25) is 0 Å². The van der Waals surface area contributed by atoms with E-state index in [1.807, 2.05) is 18.2 Å². The Labute approximate surface area is 168 Å². The van der Waals surface area contributed by atoms with Crippen LogP contribution >= 0.6 is 0 Å². The number of piperidine rings is 1. The number of ether oxygens (including phenoxy) is 1. The molecule has 1 atom stereocenters. The van der Waals surface area contributed by atoms with E-state index in [9.17, 15) is 19.1 Å². The van der Waals surface area contributed by atoms with Gasteiger partial charge in [0.05, 0.1) is 6.61 Å². The summed E-state index contributed by atoms with van der Waals surface area (Å²) in [6.45, 7) is 2.08. The van der Waals surface area contributed by atoms with E-state index in [2.05, 4.69) is 17.0 Å². The van der Waals surface area contributed by atoms with Crippen LogP contribution in [0, 0.1) is 5.82 Å². The number of amides is 1. The highest BCUT2D eigenvalue weighted by Crippen LogP contribution is 2.38. The Morgan fingerprint density at radius 3 is 2.48 bits per heavy atom. The molecule has 2 saturated heterocycles. The van der Waals surface area contributed by atoms with Crippen molar-refractivity contribution in [2.75, 3.05) is 19.7 Å². The second kappa shape index (κ2) is 7.93. The first-order valence-corrected chi connectivity index (χ1v) is 9.71. The molecular formula is C22H23FN2O4. The van der Waals surface area contributed by atoms with Crippen LogP contribution in [0.3, 0.4) is 0 Å². The average molecular weight is 398 g/mol. The second-order valence-corrected chi connectivity index (χ2v) is 7.56. The number of carbonyl (C=O) groups excluding carboxylic acids is 1. The molecule has 29 heavy (non-hydrogen) atoms. The van der Waals surface area contributed by atoms with Crippen molar-refractivity contribution in [1.82, 2.24) is 9.80 Å². The lowest BCUT2D eigenvalue weighted by molar-refractivity contribution is -0.144. The number of hydrogen-bond donors (Lipinski definition) is 1. The molecule has 2 heterocycles. The number of benzene rings is 2. The fraction of sp³-hybridized carbons (Fsp3) is 0.364. The number of hydrogen-bond acceptors (Lipinski definition) is 4. The highest BCUT2D eigenvalue weighted by atomic mass is 19.1. The molecule has 0 radical (unpaired) electrons. The lowest BCUT2D eigenvalue weighted by Gasteiger charge is -2.44. The molecule has 0 unspecified atom stereocenters. The van der Waals surface area contributed by atoms with Crippen LogP contribution in [-0.4, -0.2) is 58.2 Å². The van der Waals surface area contributed by atoms with E-state index < -0.39 is 29.5 Å². The second-order valence-electron chi connectivity index (χ2n) is 7.56. The number of carboxylic acid groups (broad SMARTS) is 1. The molecule has 0 saturated carbocycles. The van der Waals surface area contributed by atoms with Crippen LogP contribution in [0.15, 0.2) is 54.6 Å². The highest BCUT2D eigenvalue weighted by molar-refractivity contribution is 5.97. The van der Waals surface area contributed by atoms with Crippen LogP contribution in [0.25, 0.3) is 0 Å². The quantitative estimate of drug-likeness (QED) is 0.858. The van der Waals surface area contributed by atoms with Crippen LogP contribution in [0.5, 0.6) is 0 Å². The van der Waals surface area contributed by atoms with Gasteiger partial charge in [-0.05, 0) is 23.8 Å². The SMILES string of the molecule is O=C(O)[C@H]1COC2(CCN(Cc3ccccc3)CC2)N1C(=O)c1cccc(F)c1. The summed E-state index contributed by atoms with van der Waals surface area (Å²) in [6.07, 6.45) is 1.01. The summed E-state index contributed by atoms with van der Waals surface area (Å²) in [6, 6.07) is 14.4. The molecule has 2 fully saturated rings. The van der Waals surface area contributed by atoms with Gasteiger partial charge >= 0.3 is 5.97 Å². The van der Waals surface area contributed by atoms with E-state index in [1.54, 1.807) is 0 Å². The van der Waals surface area contributed by atoms with Crippen molar-refractivity contribution in [2.24, 2.45) is 0 Å². The first-order chi connectivity index (χ1) is 14.0. The Morgan fingerprint density at radius 2 is 1.83 bits per heavy atom. The molecule has 152 valence electrons. The maximum absolute atomic E-state index is 13.6. The van der Waals surface area contributed by atoms with Crippen LogP contribution < -0.4 is 0 Å². The van der Waals surface area contributed by atoms with Gasteiger partial charge in [-0.2, -0.15) is 0 Å². The maximum Gasteiger partial charge on any atom is 0.328 e. The Kier molecular flexibility index (Phi) is 5.34. The van der Waals surface area contributed by atoms with E-state index in [-0.39, 0.29) is 12.2 Å². The predicted molar refractivity (Wildman–Crippen MR) is 104 cm³/mol. The van der Waals surface area contributed by atoms with Gasteiger partial charge in [-0.1, -0.05) is 36.4 Å². The third kappa shape index (κ3) is 3.88. The van der Waals surface area contributed by atoms with Crippen LogP contribution in [0.1, 0.15) is 28.8 Å².